The average Bonchev–Trinajstić information content (AvgIpc) is 2.93. The molecule has 19 heavy (non-hydrogen) atoms. The molecule has 0 radical (unpaired) electrons. The maximum absolute atomic E-state index is 13.4. The van der Waals surface area contributed by atoms with E-state index in [1.165, 1.54) is 23.5 Å². The largest absolute Gasteiger partial charge is 0.436 e. The Bertz CT molecular complexity index is 726. The first-order chi connectivity index (χ1) is 9.08. The number of aryl methyl sites for hydroxylation is 1. The normalized spacial score (nSPS) is 11.3. The lowest BCUT2D eigenvalue weighted by Gasteiger charge is -1.91. The molecule has 3 nitrogen and oxygen atoms in total. The van der Waals surface area contributed by atoms with E-state index in [9.17, 15) is 4.39 Å². The van der Waals surface area contributed by atoms with Gasteiger partial charge < -0.3 is 10.2 Å². The summed E-state index contributed by atoms with van der Waals surface area (Å²) in [6, 6.07) is 4.63. The van der Waals surface area contributed by atoms with E-state index in [1.54, 1.807) is 0 Å². The van der Waals surface area contributed by atoms with Crippen LogP contribution in [-0.2, 0) is 6.42 Å². The molecule has 1 aromatic carbocycles. The van der Waals surface area contributed by atoms with Crippen LogP contribution in [0.3, 0.4) is 0 Å². The second kappa shape index (κ2) is 4.51. The van der Waals surface area contributed by atoms with Gasteiger partial charge >= 0.3 is 0 Å². The molecule has 2 N–H and O–H groups in total. The molecule has 0 spiro atoms. The van der Waals surface area contributed by atoms with Gasteiger partial charge in [-0.1, -0.05) is 18.5 Å². The van der Waals surface area contributed by atoms with Crippen molar-refractivity contribution in [1.29, 1.82) is 0 Å². The number of thiophene rings is 1. The van der Waals surface area contributed by atoms with E-state index in [2.05, 4.69) is 11.9 Å². The van der Waals surface area contributed by atoms with Crippen LogP contribution in [0.25, 0.3) is 22.6 Å². The fraction of sp³-hybridized carbons (Fsp3) is 0.154. The van der Waals surface area contributed by atoms with Crippen molar-refractivity contribution < 1.29 is 8.81 Å². The molecule has 0 amide bonds. The van der Waals surface area contributed by atoms with E-state index in [-0.39, 0.29) is 5.02 Å². The number of rotatable bonds is 2. The molecule has 3 rings (SSSR count). The van der Waals surface area contributed by atoms with Gasteiger partial charge in [0.05, 0.1) is 15.6 Å². The molecule has 2 heterocycles. The standard InChI is InChI=1S/C13H10ClFN2OS/c1-2-6-3-7(12(16)19-6)13-17-10-4-8(14)9(15)5-11(10)18-13/h3-5H,2,16H2,1H3. The van der Waals surface area contributed by atoms with Crippen LogP contribution >= 0.6 is 22.9 Å². The number of aromatic nitrogens is 1. The van der Waals surface area contributed by atoms with Gasteiger partial charge in [-0.25, -0.2) is 9.37 Å². The van der Waals surface area contributed by atoms with E-state index in [1.807, 2.05) is 6.07 Å². The first kappa shape index (κ1) is 12.4. The van der Waals surface area contributed by atoms with Crippen LogP contribution in [0.2, 0.25) is 5.02 Å². The van der Waals surface area contributed by atoms with Crippen molar-refractivity contribution in [2.75, 3.05) is 5.73 Å². The van der Waals surface area contributed by atoms with Crippen LogP contribution in [0.4, 0.5) is 9.39 Å². The van der Waals surface area contributed by atoms with Crippen molar-refractivity contribution in [3.63, 3.8) is 0 Å². The minimum Gasteiger partial charge on any atom is -0.436 e. The molecule has 6 heteroatoms. The van der Waals surface area contributed by atoms with E-state index >= 15 is 0 Å². The van der Waals surface area contributed by atoms with E-state index in [4.69, 9.17) is 21.8 Å². The summed E-state index contributed by atoms with van der Waals surface area (Å²) in [6.45, 7) is 2.05. The van der Waals surface area contributed by atoms with Gasteiger partial charge in [0.25, 0.3) is 0 Å². The molecule has 3 aromatic rings. The highest BCUT2D eigenvalue weighted by molar-refractivity contribution is 7.16. The summed E-state index contributed by atoms with van der Waals surface area (Å²) in [5, 5.41) is 0.676. The third-order valence-corrected chi connectivity index (χ3v) is 4.22. The number of nitrogen functional groups attached to an aromatic ring is 1. The predicted octanol–water partition coefficient (Wildman–Crippen LogP) is 4.49. The zero-order chi connectivity index (χ0) is 13.6. The van der Waals surface area contributed by atoms with E-state index in [0.717, 1.165) is 16.9 Å². The van der Waals surface area contributed by atoms with Crippen molar-refractivity contribution in [1.82, 2.24) is 4.98 Å². The highest BCUT2D eigenvalue weighted by atomic mass is 35.5. The second-order valence-electron chi connectivity index (χ2n) is 4.10. The second-order valence-corrected chi connectivity index (χ2v) is 5.67. The quantitative estimate of drug-likeness (QED) is 0.758. The summed E-state index contributed by atoms with van der Waals surface area (Å²) < 4.78 is 18.9. The van der Waals surface area contributed by atoms with Gasteiger partial charge in [-0.15, -0.1) is 11.3 Å². The number of halogens is 2. The highest BCUT2D eigenvalue weighted by Crippen LogP contribution is 2.36. The summed E-state index contributed by atoms with van der Waals surface area (Å²) in [7, 11) is 0. The Kier molecular flexibility index (Phi) is 2.95. The summed E-state index contributed by atoms with van der Waals surface area (Å²) in [5.74, 6) is -0.130. The fourth-order valence-corrected chi connectivity index (χ4v) is 2.86. The Morgan fingerprint density at radius 3 is 2.89 bits per heavy atom. The number of fused-ring (bicyclic) bond motifs is 1. The number of nitrogens with two attached hydrogens (primary N) is 1. The molecular formula is C13H10ClFN2OS. The van der Waals surface area contributed by atoms with Gasteiger partial charge in [0.2, 0.25) is 5.89 Å². The van der Waals surface area contributed by atoms with Crippen LogP contribution in [0.5, 0.6) is 0 Å². The van der Waals surface area contributed by atoms with Gasteiger partial charge in [0.15, 0.2) is 5.58 Å². The molecule has 0 bridgehead atoms. The summed E-state index contributed by atoms with van der Waals surface area (Å²) in [4.78, 5) is 5.45. The first-order valence-corrected chi connectivity index (χ1v) is 6.92. The fourth-order valence-electron chi connectivity index (χ4n) is 1.84. The van der Waals surface area contributed by atoms with Crippen LogP contribution in [0.1, 0.15) is 11.8 Å². The lowest BCUT2D eigenvalue weighted by molar-refractivity contribution is 0.603. The van der Waals surface area contributed by atoms with Gasteiger partial charge in [-0.3, -0.25) is 0 Å². The molecule has 98 valence electrons. The van der Waals surface area contributed by atoms with Crippen molar-refractivity contribution in [2.45, 2.75) is 13.3 Å². The third kappa shape index (κ3) is 2.09. The van der Waals surface area contributed by atoms with Gasteiger partial charge in [-0.05, 0) is 18.6 Å². The van der Waals surface area contributed by atoms with Crippen molar-refractivity contribution in [3.05, 3.63) is 33.9 Å². The minimum absolute atomic E-state index is 0.0277. The molecule has 2 aromatic heterocycles. The number of hydrogen-bond acceptors (Lipinski definition) is 4. The van der Waals surface area contributed by atoms with Gasteiger partial charge in [0.1, 0.15) is 11.3 Å². The number of nitrogens with zero attached hydrogens (tertiary/aromatic N) is 1. The summed E-state index contributed by atoms with van der Waals surface area (Å²) >= 11 is 7.22. The maximum Gasteiger partial charge on any atom is 0.230 e. The SMILES string of the molecule is CCc1cc(-c2nc3cc(Cl)c(F)cc3o2)c(N)s1. The molecule has 0 unspecified atom stereocenters. The molecule has 0 aliphatic heterocycles. The smallest absolute Gasteiger partial charge is 0.230 e. The molecular weight excluding hydrogens is 287 g/mol. The summed E-state index contributed by atoms with van der Waals surface area (Å²) in [6.07, 6.45) is 0.898. The Morgan fingerprint density at radius 2 is 2.21 bits per heavy atom. The molecule has 0 saturated heterocycles. The van der Waals surface area contributed by atoms with Crippen LogP contribution in [-0.4, -0.2) is 4.98 Å². The van der Waals surface area contributed by atoms with Crippen LogP contribution in [0.15, 0.2) is 22.6 Å². The zero-order valence-corrected chi connectivity index (χ0v) is 11.6. The van der Waals surface area contributed by atoms with Gasteiger partial charge in [-0.2, -0.15) is 0 Å². The average molecular weight is 297 g/mol. The Morgan fingerprint density at radius 1 is 1.42 bits per heavy atom. The monoisotopic (exact) mass is 296 g/mol. The lowest BCUT2D eigenvalue weighted by Crippen LogP contribution is -1.82. The zero-order valence-electron chi connectivity index (χ0n) is 10.0. The van der Waals surface area contributed by atoms with Crippen molar-refractivity contribution in [3.8, 4) is 11.5 Å². The van der Waals surface area contributed by atoms with E-state index in [0.29, 0.717) is 22.0 Å². The number of oxazole rings is 1. The topological polar surface area (TPSA) is 52.0 Å². The maximum atomic E-state index is 13.4. The summed E-state index contributed by atoms with van der Waals surface area (Å²) in [5.41, 5.74) is 7.57. The van der Waals surface area contributed by atoms with Crippen molar-refractivity contribution >= 4 is 39.0 Å². The van der Waals surface area contributed by atoms with Crippen LogP contribution in [0, 0.1) is 5.82 Å². The van der Waals surface area contributed by atoms with E-state index < -0.39 is 5.82 Å². The Balaban J connectivity index is 2.17. The Hall–Kier alpha value is -1.59. The number of benzene rings is 1. The molecule has 0 atom stereocenters. The highest BCUT2D eigenvalue weighted by Gasteiger charge is 2.15. The first-order valence-electron chi connectivity index (χ1n) is 5.72. The molecule has 0 saturated carbocycles. The third-order valence-electron chi connectivity index (χ3n) is 2.82. The Labute approximate surface area is 117 Å². The van der Waals surface area contributed by atoms with Gasteiger partial charge in [0, 0.05) is 10.9 Å². The number of hydrogen-bond donors (Lipinski definition) is 1. The van der Waals surface area contributed by atoms with Crippen LogP contribution < -0.4 is 5.73 Å². The molecule has 0 aliphatic carbocycles. The molecule has 0 fully saturated rings. The van der Waals surface area contributed by atoms with Crippen molar-refractivity contribution in [2.24, 2.45) is 0 Å². The predicted molar refractivity (Wildman–Crippen MR) is 76.1 cm³/mol. The minimum atomic E-state index is -0.524. The number of anilines is 1. The lowest BCUT2D eigenvalue weighted by atomic mass is 10.2. The molecule has 0 aliphatic rings.